The molecule has 0 spiro atoms. The Balaban J connectivity index is 2.69. The van der Waals surface area contributed by atoms with E-state index >= 15 is 0 Å². The number of rotatable bonds is 0. The molecule has 0 amide bonds. The molecule has 0 radical (unpaired) electrons. The van der Waals surface area contributed by atoms with Crippen LogP contribution in [0.2, 0.25) is 0 Å². The summed E-state index contributed by atoms with van der Waals surface area (Å²) in [5, 5.41) is 2.06. The van der Waals surface area contributed by atoms with Gasteiger partial charge in [-0.1, -0.05) is 15.9 Å². The van der Waals surface area contributed by atoms with Gasteiger partial charge in [-0.25, -0.2) is 0 Å². The molecule has 2 heterocycles. The third kappa shape index (κ3) is 1.23. The zero-order chi connectivity index (χ0) is 11.3. The lowest BCUT2D eigenvalue weighted by Crippen LogP contribution is -2.06. The van der Waals surface area contributed by atoms with Crippen molar-refractivity contribution in [2.45, 2.75) is 6.92 Å². The van der Waals surface area contributed by atoms with E-state index in [2.05, 4.69) is 25.9 Å². The van der Waals surface area contributed by atoms with Gasteiger partial charge >= 0.3 is 0 Å². The first-order valence-electron chi connectivity index (χ1n) is 4.96. The Morgan fingerprint density at radius 2 is 2.12 bits per heavy atom. The first kappa shape index (κ1) is 9.66. The van der Waals surface area contributed by atoms with Gasteiger partial charge < -0.3 is 9.97 Å². The molecule has 0 fully saturated rings. The maximum absolute atomic E-state index is 11.8. The SMILES string of the molecule is Cc1c[nH]c2c(=O)[nH]c3ccc(Br)cc3c12. The van der Waals surface area contributed by atoms with E-state index in [1.54, 1.807) is 0 Å². The number of aromatic nitrogens is 2. The fourth-order valence-corrected chi connectivity index (χ4v) is 2.43. The third-order valence-electron chi connectivity index (χ3n) is 2.80. The van der Waals surface area contributed by atoms with Crippen molar-refractivity contribution >= 4 is 37.7 Å². The van der Waals surface area contributed by atoms with Crippen LogP contribution in [0.4, 0.5) is 0 Å². The summed E-state index contributed by atoms with van der Waals surface area (Å²) in [6.07, 6.45) is 1.86. The van der Waals surface area contributed by atoms with Crippen LogP contribution >= 0.6 is 15.9 Å². The van der Waals surface area contributed by atoms with Gasteiger partial charge in [-0.2, -0.15) is 0 Å². The molecule has 0 saturated heterocycles. The number of benzene rings is 1. The molecule has 3 aromatic rings. The average molecular weight is 277 g/mol. The molecule has 2 N–H and O–H groups in total. The van der Waals surface area contributed by atoms with Crippen LogP contribution in [0.25, 0.3) is 21.8 Å². The van der Waals surface area contributed by atoms with E-state index < -0.39 is 0 Å². The molecule has 0 aliphatic rings. The number of hydrogen-bond acceptors (Lipinski definition) is 1. The van der Waals surface area contributed by atoms with Crippen molar-refractivity contribution in [2.24, 2.45) is 0 Å². The van der Waals surface area contributed by atoms with Crippen molar-refractivity contribution in [3.05, 3.63) is 44.8 Å². The third-order valence-corrected chi connectivity index (χ3v) is 3.30. The van der Waals surface area contributed by atoms with Gasteiger partial charge in [0.2, 0.25) is 0 Å². The van der Waals surface area contributed by atoms with E-state index in [1.165, 1.54) is 0 Å². The second-order valence-electron chi connectivity index (χ2n) is 3.87. The minimum Gasteiger partial charge on any atom is -0.356 e. The number of nitrogens with one attached hydrogen (secondary N) is 2. The smallest absolute Gasteiger partial charge is 0.272 e. The van der Waals surface area contributed by atoms with E-state index in [1.807, 2.05) is 31.3 Å². The Labute approximate surface area is 99.6 Å². The van der Waals surface area contributed by atoms with Crippen molar-refractivity contribution in [2.75, 3.05) is 0 Å². The molecule has 0 aliphatic heterocycles. The molecule has 0 aliphatic carbocycles. The van der Waals surface area contributed by atoms with Gasteiger partial charge in [-0.15, -0.1) is 0 Å². The monoisotopic (exact) mass is 276 g/mol. The van der Waals surface area contributed by atoms with Gasteiger partial charge in [0.15, 0.2) is 0 Å². The van der Waals surface area contributed by atoms with Crippen molar-refractivity contribution in [1.29, 1.82) is 0 Å². The van der Waals surface area contributed by atoms with Gasteiger partial charge in [-0.3, -0.25) is 4.79 Å². The van der Waals surface area contributed by atoms with Crippen LogP contribution in [-0.2, 0) is 0 Å². The Kier molecular flexibility index (Phi) is 1.94. The summed E-state index contributed by atoms with van der Waals surface area (Å²) < 4.78 is 1.01. The fourth-order valence-electron chi connectivity index (χ4n) is 2.07. The second-order valence-corrected chi connectivity index (χ2v) is 4.78. The molecule has 3 nitrogen and oxygen atoms in total. The summed E-state index contributed by atoms with van der Waals surface area (Å²) >= 11 is 3.45. The Morgan fingerprint density at radius 1 is 1.31 bits per heavy atom. The predicted octanol–water partition coefficient (Wildman–Crippen LogP) is 3.08. The van der Waals surface area contributed by atoms with Crippen molar-refractivity contribution in [1.82, 2.24) is 9.97 Å². The van der Waals surface area contributed by atoms with Crippen LogP contribution in [-0.4, -0.2) is 9.97 Å². The topological polar surface area (TPSA) is 48.6 Å². The lowest BCUT2D eigenvalue weighted by Gasteiger charge is -2.01. The van der Waals surface area contributed by atoms with Crippen LogP contribution in [0.3, 0.4) is 0 Å². The summed E-state index contributed by atoms with van der Waals surface area (Å²) in [4.78, 5) is 17.7. The minimum absolute atomic E-state index is 0.0714. The Bertz CT molecular complexity index is 755. The van der Waals surface area contributed by atoms with Crippen LogP contribution in [0.5, 0.6) is 0 Å². The molecule has 0 bridgehead atoms. The van der Waals surface area contributed by atoms with E-state index in [0.717, 1.165) is 26.3 Å². The fraction of sp³-hybridized carbons (Fsp3) is 0.0833. The lowest BCUT2D eigenvalue weighted by molar-refractivity contribution is 1.31. The second kappa shape index (κ2) is 3.22. The molecule has 16 heavy (non-hydrogen) atoms. The van der Waals surface area contributed by atoms with Gasteiger partial charge in [0.1, 0.15) is 5.52 Å². The summed E-state index contributed by atoms with van der Waals surface area (Å²) in [7, 11) is 0. The highest BCUT2D eigenvalue weighted by Crippen LogP contribution is 2.26. The van der Waals surface area contributed by atoms with E-state index in [4.69, 9.17) is 0 Å². The highest BCUT2D eigenvalue weighted by molar-refractivity contribution is 9.10. The molecule has 80 valence electrons. The summed E-state index contributed by atoms with van der Waals surface area (Å²) in [5.74, 6) is 0. The number of fused-ring (bicyclic) bond motifs is 3. The number of aromatic amines is 2. The standard InChI is InChI=1S/C12H9BrN2O/c1-6-5-14-11-10(6)8-4-7(13)2-3-9(8)15-12(11)16/h2-5,14H,1H3,(H,15,16). The first-order valence-corrected chi connectivity index (χ1v) is 5.75. The Morgan fingerprint density at radius 3 is 2.94 bits per heavy atom. The average Bonchev–Trinajstić information content (AvgIpc) is 2.63. The zero-order valence-corrected chi connectivity index (χ0v) is 10.2. The maximum Gasteiger partial charge on any atom is 0.272 e. The summed E-state index contributed by atoms with van der Waals surface area (Å²) in [6.45, 7) is 2.00. The predicted molar refractivity (Wildman–Crippen MR) is 68.9 cm³/mol. The number of H-pyrrole nitrogens is 2. The number of pyridine rings is 1. The number of halogens is 1. The molecule has 0 unspecified atom stereocenters. The molecule has 0 saturated carbocycles. The first-order chi connectivity index (χ1) is 7.66. The van der Waals surface area contributed by atoms with E-state index in [0.29, 0.717) is 5.52 Å². The number of aryl methyl sites for hydroxylation is 1. The molecule has 3 rings (SSSR count). The zero-order valence-electron chi connectivity index (χ0n) is 8.60. The van der Waals surface area contributed by atoms with Gasteiger partial charge in [0.25, 0.3) is 5.56 Å². The molecule has 4 heteroatoms. The van der Waals surface area contributed by atoms with Crippen molar-refractivity contribution in [3.63, 3.8) is 0 Å². The highest BCUT2D eigenvalue weighted by Gasteiger charge is 2.08. The van der Waals surface area contributed by atoms with Crippen LogP contribution < -0.4 is 5.56 Å². The van der Waals surface area contributed by atoms with Crippen LogP contribution in [0, 0.1) is 6.92 Å². The lowest BCUT2D eigenvalue weighted by atomic mass is 10.1. The molecular formula is C12H9BrN2O. The normalized spacial score (nSPS) is 11.4. The molecular weight excluding hydrogens is 268 g/mol. The van der Waals surface area contributed by atoms with E-state index in [-0.39, 0.29) is 5.56 Å². The van der Waals surface area contributed by atoms with Gasteiger partial charge in [-0.05, 0) is 30.7 Å². The maximum atomic E-state index is 11.8. The largest absolute Gasteiger partial charge is 0.356 e. The summed E-state index contributed by atoms with van der Waals surface area (Å²) in [6, 6.07) is 5.85. The molecule has 0 atom stereocenters. The van der Waals surface area contributed by atoms with Gasteiger partial charge in [0, 0.05) is 27.0 Å². The van der Waals surface area contributed by atoms with Crippen molar-refractivity contribution < 1.29 is 0 Å². The van der Waals surface area contributed by atoms with Crippen LogP contribution in [0.1, 0.15) is 5.56 Å². The highest BCUT2D eigenvalue weighted by atomic mass is 79.9. The van der Waals surface area contributed by atoms with Crippen molar-refractivity contribution in [3.8, 4) is 0 Å². The Hall–Kier alpha value is -1.55. The minimum atomic E-state index is -0.0714. The number of hydrogen-bond donors (Lipinski definition) is 2. The summed E-state index contributed by atoms with van der Waals surface area (Å²) in [5.41, 5.74) is 2.52. The quantitative estimate of drug-likeness (QED) is 0.651. The van der Waals surface area contributed by atoms with E-state index in [9.17, 15) is 4.79 Å². The van der Waals surface area contributed by atoms with Gasteiger partial charge in [0.05, 0.1) is 0 Å². The molecule has 2 aromatic heterocycles. The van der Waals surface area contributed by atoms with Crippen LogP contribution in [0.15, 0.2) is 33.7 Å². The molecule has 1 aromatic carbocycles.